The average Bonchev–Trinajstić information content (AvgIpc) is 3.02. The van der Waals surface area contributed by atoms with Gasteiger partial charge in [0, 0.05) is 12.2 Å². The second-order valence-corrected chi connectivity index (χ2v) is 6.61. The van der Waals surface area contributed by atoms with E-state index >= 15 is 0 Å². The van der Waals surface area contributed by atoms with Crippen LogP contribution in [0.25, 0.3) is 0 Å². The molecule has 3 rings (SSSR count). The lowest BCUT2D eigenvalue weighted by Gasteiger charge is -2.27. The van der Waals surface area contributed by atoms with E-state index in [1.54, 1.807) is 23.3 Å². The Labute approximate surface area is 176 Å². The number of esters is 2. The molecule has 0 aliphatic carbocycles. The summed E-state index contributed by atoms with van der Waals surface area (Å²) in [5.74, 6) is -1.26. The first-order chi connectivity index (χ1) is 14.6. The first-order valence-electron chi connectivity index (χ1n) is 9.52. The molecule has 0 radical (unpaired) electrons. The maximum Gasteiger partial charge on any atom is 0.355 e. The molecule has 1 N–H and O–H groups in total. The molecule has 0 saturated carbocycles. The highest BCUT2D eigenvalue weighted by atomic mass is 16.5. The van der Waals surface area contributed by atoms with Gasteiger partial charge in [-0.1, -0.05) is 48.5 Å². The van der Waals surface area contributed by atoms with E-state index in [1.807, 2.05) is 54.6 Å². The lowest BCUT2D eigenvalue weighted by Crippen LogP contribution is -2.27. The van der Waals surface area contributed by atoms with Crippen LogP contribution in [0.4, 0.5) is 11.4 Å². The smallest absolute Gasteiger partial charge is 0.355 e. The van der Waals surface area contributed by atoms with Gasteiger partial charge in [-0.15, -0.1) is 0 Å². The Kier molecular flexibility index (Phi) is 6.70. The van der Waals surface area contributed by atoms with Crippen LogP contribution in [-0.4, -0.2) is 26.2 Å². The average molecular weight is 404 g/mol. The van der Waals surface area contributed by atoms with E-state index in [4.69, 9.17) is 9.47 Å². The topological polar surface area (TPSA) is 67.9 Å². The predicted molar refractivity (Wildman–Crippen MR) is 117 cm³/mol. The molecule has 6 nitrogen and oxygen atoms in total. The zero-order valence-electron chi connectivity index (χ0n) is 17.2. The summed E-state index contributed by atoms with van der Waals surface area (Å²) in [6.45, 7) is 2.06. The zero-order valence-corrected chi connectivity index (χ0v) is 17.2. The number of hydrogen-bond acceptors (Lipinski definition) is 6. The van der Waals surface area contributed by atoms with Crippen molar-refractivity contribution in [2.45, 2.75) is 13.0 Å². The highest BCUT2D eigenvalue weighted by Crippen LogP contribution is 2.34. The van der Waals surface area contributed by atoms with Gasteiger partial charge in [0.2, 0.25) is 0 Å². The minimum absolute atomic E-state index is 0.0204. The molecule has 6 heteroatoms. The Morgan fingerprint density at radius 3 is 2.27 bits per heavy atom. The molecule has 1 heterocycles. The van der Waals surface area contributed by atoms with E-state index in [1.165, 1.54) is 20.3 Å². The molecule has 30 heavy (non-hydrogen) atoms. The summed E-state index contributed by atoms with van der Waals surface area (Å²) in [4.78, 5) is 26.7. The van der Waals surface area contributed by atoms with Crippen LogP contribution in [0.5, 0.6) is 0 Å². The minimum atomic E-state index is -0.641. The maximum absolute atomic E-state index is 12.7. The van der Waals surface area contributed by atoms with Gasteiger partial charge in [-0.05, 0) is 36.8 Å². The van der Waals surface area contributed by atoms with Crippen molar-refractivity contribution in [3.63, 3.8) is 0 Å². The van der Waals surface area contributed by atoms with Crippen molar-refractivity contribution in [1.82, 2.24) is 0 Å². The van der Waals surface area contributed by atoms with Crippen molar-refractivity contribution in [3.05, 3.63) is 95.9 Å². The maximum atomic E-state index is 12.7. The third-order valence-corrected chi connectivity index (χ3v) is 4.72. The number of methoxy groups -OCH3 is 2. The fourth-order valence-corrected chi connectivity index (χ4v) is 3.22. The molecular formula is C24H24N2O4. The fraction of sp³-hybridized carbons (Fsp3) is 0.167. The van der Waals surface area contributed by atoms with Gasteiger partial charge in [-0.25, -0.2) is 9.59 Å². The molecule has 0 saturated heterocycles. The number of hydrogen-bond donors (Lipinski definition) is 1. The first-order valence-corrected chi connectivity index (χ1v) is 9.52. The normalized spacial score (nSPS) is 14.2. The summed E-state index contributed by atoms with van der Waals surface area (Å²) in [7, 11) is 2.56. The summed E-state index contributed by atoms with van der Waals surface area (Å²) in [6.07, 6.45) is 6.68. The number of rotatable bonds is 6. The van der Waals surface area contributed by atoms with E-state index < -0.39 is 11.9 Å². The number of anilines is 2. The van der Waals surface area contributed by atoms with E-state index in [-0.39, 0.29) is 17.3 Å². The molecule has 0 spiro atoms. The van der Waals surface area contributed by atoms with Crippen molar-refractivity contribution in [3.8, 4) is 0 Å². The largest absolute Gasteiger partial charge is 0.465 e. The van der Waals surface area contributed by atoms with Crippen LogP contribution in [0.1, 0.15) is 18.5 Å². The minimum Gasteiger partial charge on any atom is -0.465 e. The standard InChI is InChI=1S/C24H24N2O4/c1-17(18-11-5-4-6-12-18)25-20-14-7-8-15-21(20)26-16-10-9-13-19(23(27)29-2)22(26)24(28)30-3/h4-17,25H,1-3H3. The Morgan fingerprint density at radius 2 is 1.57 bits per heavy atom. The summed E-state index contributed by atoms with van der Waals surface area (Å²) >= 11 is 0. The number of nitrogens with zero attached hydrogens (tertiary/aromatic N) is 1. The molecule has 1 atom stereocenters. The first kappa shape index (κ1) is 20.9. The van der Waals surface area contributed by atoms with Gasteiger partial charge in [0.1, 0.15) is 5.70 Å². The van der Waals surface area contributed by atoms with Crippen LogP contribution in [0.3, 0.4) is 0 Å². The van der Waals surface area contributed by atoms with E-state index in [2.05, 4.69) is 12.2 Å². The van der Waals surface area contributed by atoms with Crippen molar-refractivity contribution in [1.29, 1.82) is 0 Å². The molecular weight excluding hydrogens is 380 g/mol. The molecule has 2 aromatic carbocycles. The molecule has 154 valence electrons. The monoisotopic (exact) mass is 404 g/mol. The molecule has 1 aliphatic rings. The van der Waals surface area contributed by atoms with Crippen LogP contribution in [0, 0.1) is 0 Å². The van der Waals surface area contributed by atoms with Crippen LogP contribution in [0.15, 0.2) is 90.3 Å². The number of ether oxygens (including phenoxy) is 2. The SMILES string of the molecule is COC(=O)C1=C(C(=O)OC)N(c2ccccc2NC(C)c2ccccc2)C=CC=C1. The Hall–Kier alpha value is -3.80. The molecule has 2 aromatic rings. The lowest BCUT2D eigenvalue weighted by molar-refractivity contribution is -0.139. The van der Waals surface area contributed by atoms with Gasteiger partial charge in [0.15, 0.2) is 0 Å². The Balaban J connectivity index is 2.07. The molecule has 0 amide bonds. The van der Waals surface area contributed by atoms with Gasteiger partial charge >= 0.3 is 11.9 Å². The zero-order chi connectivity index (χ0) is 21.5. The quantitative estimate of drug-likeness (QED) is 0.722. The number of carbonyl (C=O) groups excluding carboxylic acids is 2. The number of benzene rings is 2. The van der Waals surface area contributed by atoms with E-state index in [0.717, 1.165) is 11.3 Å². The highest BCUT2D eigenvalue weighted by molar-refractivity contribution is 6.06. The van der Waals surface area contributed by atoms with E-state index in [9.17, 15) is 9.59 Å². The lowest BCUT2D eigenvalue weighted by atomic mass is 10.1. The van der Waals surface area contributed by atoms with Crippen molar-refractivity contribution in [2.75, 3.05) is 24.4 Å². The third-order valence-electron chi connectivity index (χ3n) is 4.72. The van der Waals surface area contributed by atoms with Gasteiger partial charge in [0.05, 0.1) is 31.2 Å². The molecule has 0 bridgehead atoms. The van der Waals surface area contributed by atoms with Crippen LogP contribution >= 0.6 is 0 Å². The van der Waals surface area contributed by atoms with E-state index in [0.29, 0.717) is 5.69 Å². The van der Waals surface area contributed by atoms with Gasteiger partial charge in [0.25, 0.3) is 0 Å². The predicted octanol–water partition coefficient (Wildman–Crippen LogP) is 4.35. The second kappa shape index (κ2) is 9.60. The summed E-state index contributed by atoms with van der Waals surface area (Å²) in [5.41, 5.74) is 2.81. The summed E-state index contributed by atoms with van der Waals surface area (Å²) < 4.78 is 9.86. The van der Waals surface area contributed by atoms with Gasteiger partial charge < -0.3 is 19.7 Å². The summed E-state index contributed by atoms with van der Waals surface area (Å²) in [5, 5.41) is 3.49. The Bertz CT molecular complexity index is 1010. The van der Waals surface area contributed by atoms with Crippen LogP contribution < -0.4 is 10.2 Å². The number of para-hydroxylation sites is 2. The number of carbonyl (C=O) groups is 2. The van der Waals surface area contributed by atoms with Crippen molar-refractivity contribution < 1.29 is 19.1 Å². The number of allylic oxidation sites excluding steroid dienone is 2. The summed E-state index contributed by atoms with van der Waals surface area (Å²) in [6, 6.07) is 17.6. The fourth-order valence-electron chi connectivity index (χ4n) is 3.22. The van der Waals surface area contributed by atoms with Crippen LogP contribution in [-0.2, 0) is 19.1 Å². The molecule has 0 aromatic heterocycles. The second-order valence-electron chi connectivity index (χ2n) is 6.61. The van der Waals surface area contributed by atoms with Crippen molar-refractivity contribution in [2.24, 2.45) is 0 Å². The molecule has 1 unspecified atom stereocenters. The van der Waals surface area contributed by atoms with Crippen molar-refractivity contribution >= 4 is 23.3 Å². The third kappa shape index (κ3) is 4.43. The molecule has 0 fully saturated rings. The van der Waals surface area contributed by atoms with Gasteiger partial charge in [-0.2, -0.15) is 0 Å². The van der Waals surface area contributed by atoms with Gasteiger partial charge in [-0.3, -0.25) is 0 Å². The highest BCUT2D eigenvalue weighted by Gasteiger charge is 2.28. The molecule has 1 aliphatic heterocycles. The number of nitrogens with one attached hydrogen (secondary N) is 1. The Morgan fingerprint density at radius 1 is 0.900 bits per heavy atom. The van der Waals surface area contributed by atoms with Crippen LogP contribution in [0.2, 0.25) is 0 Å².